The van der Waals surface area contributed by atoms with Crippen LogP contribution in [0.3, 0.4) is 0 Å². The number of hydrogen-bond acceptors (Lipinski definition) is 2. The van der Waals surface area contributed by atoms with Gasteiger partial charge < -0.3 is 5.32 Å². The van der Waals surface area contributed by atoms with Crippen LogP contribution in [-0.2, 0) is 0 Å². The normalized spacial score (nSPS) is 13.5. The molecule has 0 spiro atoms. The highest BCUT2D eigenvalue weighted by Gasteiger charge is 2.17. The minimum Gasteiger partial charge on any atom is -0.309 e. The number of aromatic nitrogens is 2. The standard InChI is InChI=1S/C11H20ClN3/c1-5-6-13-9(4)11-10(12)7-14-15(11)8(2)3/h7-9,13H,5-6H2,1-4H3. The lowest BCUT2D eigenvalue weighted by atomic mass is 10.2. The second-order valence-electron chi connectivity index (χ2n) is 4.09. The van der Waals surface area contributed by atoms with E-state index >= 15 is 0 Å². The Morgan fingerprint density at radius 3 is 2.67 bits per heavy atom. The van der Waals surface area contributed by atoms with Crippen molar-refractivity contribution in [1.82, 2.24) is 15.1 Å². The zero-order valence-corrected chi connectivity index (χ0v) is 10.7. The number of nitrogens with one attached hydrogen (secondary N) is 1. The van der Waals surface area contributed by atoms with Crippen molar-refractivity contribution in [2.24, 2.45) is 0 Å². The minimum atomic E-state index is 0.252. The maximum Gasteiger partial charge on any atom is 0.0834 e. The summed E-state index contributed by atoms with van der Waals surface area (Å²) >= 11 is 6.14. The maximum atomic E-state index is 6.14. The SMILES string of the molecule is CCCNC(C)c1c(Cl)cnn1C(C)C. The van der Waals surface area contributed by atoms with E-state index in [2.05, 4.69) is 38.1 Å². The molecule has 0 aliphatic rings. The summed E-state index contributed by atoms with van der Waals surface area (Å²) in [5.41, 5.74) is 1.08. The van der Waals surface area contributed by atoms with Gasteiger partial charge in [-0.1, -0.05) is 18.5 Å². The molecule has 86 valence electrons. The Balaban J connectivity index is 2.85. The molecule has 0 amide bonds. The fraction of sp³-hybridized carbons (Fsp3) is 0.727. The predicted octanol–water partition coefficient (Wildman–Crippen LogP) is 3.18. The summed E-state index contributed by atoms with van der Waals surface area (Å²) in [6.45, 7) is 9.50. The summed E-state index contributed by atoms with van der Waals surface area (Å²) < 4.78 is 1.98. The summed E-state index contributed by atoms with van der Waals surface area (Å²) in [5.74, 6) is 0. The van der Waals surface area contributed by atoms with Crippen LogP contribution < -0.4 is 5.32 Å². The molecule has 0 saturated heterocycles. The third-order valence-corrected chi connectivity index (χ3v) is 2.68. The van der Waals surface area contributed by atoms with Gasteiger partial charge in [0.25, 0.3) is 0 Å². The highest BCUT2D eigenvalue weighted by molar-refractivity contribution is 6.31. The van der Waals surface area contributed by atoms with Crippen LogP contribution in [0.25, 0.3) is 0 Å². The van der Waals surface area contributed by atoms with E-state index < -0.39 is 0 Å². The Hall–Kier alpha value is -0.540. The molecule has 0 fully saturated rings. The lowest BCUT2D eigenvalue weighted by Crippen LogP contribution is -2.23. The van der Waals surface area contributed by atoms with E-state index in [1.165, 1.54) is 0 Å². The molecule has 0 radical (unpaired) electrons. The quantitative estimate of drug-likeness (QED) is 0.841. The molecule has 0 bridgehead atoms. The fourth-order valence-electron chi connectivity index (χ4n) is 1.62. The lowest BCUT2D eigenvalue weighted by Gasteiger charge is -2.18. The molecule has 4 heteroatoms. The van der Waals surface area contributed by atoms with Crippen LogP contribution in [0, 0.1) is 0 Å². The van der Waals surface area contributed by atoms with Gasteiger partial charge in [-0.05, 0) is 33.7 Å². The van der Waals surface area contributed by atoms with Crippen LogP contribution in [0.1, 0.15) is 51.9 Å². The van der Waals surface area contributed by atoms with Gasteiger partial charge in [0, 0.05) is 12.1 Å². The highest BCUT2D eigenvalue weighted by Crippen LogP contribution is 2.24. The third-order valence-electron chi connectivity index (χ3n) is 2.39. The van der Waals surface area contributed by atoms with E-state index in [0.717, 1.165) is 23.7 Å². The van der Waals surface area contributed by atoms with E-state index in [1.54, 1.807) is 6.20 Å². The van der Waals surface area contributed by atoms with Gasteiger partial charge in [0.05, 0.1) is 16.9 Å². The first-order valence-corrected chi connectivity index (χ1v) is 5.92. The number of rotatable bonds is 5. The van der Waals surface area contributed by atoms with Crippen LogP contribution in [0.4, 0.5) is 0 Å². The molecule has 0 aliphatic heterocycles. The molecule has 0 saturated carbocycles. The molecule has 1 aromatic heterocycles. The summed E-state index contributed by atoms with van der Waals surface area (Å²) in [4.78, 5) is 0. The summed E-state index contributed by atoms with van der Waals surface area (Å²) in [7, 11) is 0. The average molecular weight is 230 g/mol. The molecule has 0 aromatic carbocycles. The Morgan fingerprint density at radius 1 is 1.47 bits per heavy atom. The average Bonchev–Trinajstić information content (AvgIpc) is 2.56. The van der Waals surface area contributed by atoms with Crippen molar-refractivity contribution in [2.75, 3.05) is 6.54 Å². The topological polar surface area (TPSA) is 29.9 Å². The van der Waals surface area contributed by atoms with Crippen molar-refractivity contribution < 1.29 is 0 Å². The molecule has 1 atom stereocenters. The van der Waals surface area contributed by atoms with Crippen LogP contribution >= 0.6 is 11.6 Å². The van der Waals surface area contributed by atoms with Crippen molar-refractivity contribution in [3.05, 3.63) is 16.9 Å². The third kappa shape index (κ3) is 2.95. The summed E-state index contributed by atoms with van der Waals surface area (Å²) in [6, 6.07) is 0.598. The number of hydrogen-bond donors (Lipinski definition) is 1. The molecule has 1 N–H and O–H groups in total. The monoisotopic (exact) mass is 229 g/mol. The first kappa shape index (κ1) is 12.5. The van der Waals surface area contributed by atoms with Crippen molar-refractivity contribution in [3.63, 3.8) is 0 Å². The molecule has 3 nitrogen and oxygen atoms in total. The summed E-state index contributed by atoms with van der Waals surface area (Å²) in [5, 5.41) is 8.46. The predicted molar refractivity (Wildman–Crippen MR) is 64.3 cm³/mol. The van der Waals surface area contributed by atoms with E-state index in [4.69, 9.17) is 11.6 Å². The van der Waals surface area contributed by atoms with E-state index in [9.17, 15) is 0 Å². The first-order valence-electron chi connectivity index (χ1n) is 5.54. The van der Waals surface area contributed by atoms with Gasteiger partial charge >= 0.3 is 0 Å². The van der Waals surface area contributed by atoms with Crippen molar-refractivity contribution in [2.45, 2.75) is 46.2 Å². The lowest BCUT2D eigenvalue weighted by molar-refractivity contribution is 0.460. The molecule has 15 heavy (non-hydrogen) atoms. The Labute approximate surface area is 96.8 Å². The molecule has 1 unspecified atom stereocenters. The molecule has 1 aromatic rings. The molecule has 1 rings (SSSR count). The first-order chi connectivity index (χ1) is 7.07. The Kier molecular flexibility index (Phi) is 4.61. The van der Waals surface area contributed by atoms with Crippen LogP contribution in [0.2, 0.25) is 5.02 Å². The number of nitrogens with zero attached hydrogens (tertiary/aromatic N) is 2. The van der Waals surface area contributed by atoms with Gasteiger partial charge in [-0.25, -0.2) is 0 Å². The highest BCUT2D eigenvalue weighted by atomic mass is 35.5. The summed E-state index contributed by atoms with van der Waals surface area (Å²) in [6.07, 6.45) is 2.85. The second kappa shape index (κ2) is 5.52. The molecular weight excluding hydrogens is 210 g/mol. The van der Waals surface area contributed by atoms with Gasteiger partial charge in [-0.2, -0.15) is 5.10 Å². The van der Waals surface area contributed by atoms with Crippen molar-refractivity contribution in [1.29, 1.82) is 0 Å². The van der Waals surface area contributed by atoms with E-state index in [-0.39, 0.29) is 6.04 Å². The largest absolute Gasteiger partial charge is 0.309 e. The van der Waals surface area contributed by atoms with E-state index in [0.29, 0.717) is 6.04 Å². The zero-order chi connectivity index (χ0) is 11.4. The van der Waals surface area contributed by atoms with Crippen molar-refractivity contribution in [3.8, 4) is 0 Å². The minimum absolute atomic E-state index is 0.252. The maximum absolute atomic E-state index is 6.14. The van der Waals surface area contributed by atoms with Gasteiger partial charge in [0.15, 0.2) is 0 Å². The van der Waals surface area contributed by atoms with Crippen molar-refractivity contribution >= 4 is 11.6 Å². The van der Waals surface area contributed by atoms with Gasteiger partial charge in [-0.3, -0.25) is 4.68 Å². The molecule has 0 aliphatic carbocycles. The van der Waals surface area contributed by atoms with Gasteiger partial charge in [-0.15, -0.1) is 0 Å². The molecular formula is C11H20ClN3. The smallest absolute Gasteiger partial charge is 0.0834 e. The van der Waals surface area contributed by atoms with Crippen LogP contribution in [0.5, 0.6) is 0 Å². The van der Waals surface area contributed by atoms with Gasteiger partial charge in [0.1, 0.15) is 0 Å². The van der Waals surface area contributed by atoms with Crippen LogP contribution in [0.15, 0.2) is 6.20 Å². The Bertz CT molecular complexity index is 307. The van der Waals surface area contributed by atoms with Gasteiger partial charge in [0.2, 0.25) is 0 Å². The zero-order valence-electron chi connectivity index (χ0n) is 9.92. The number of halogens is 1. The Morgan fingerprint density at radius 2 is 2.13 bits per heavy atom. The van der Waals surface area contributed by atoms with Crippen LogP contribution in [-0.4, -0.2) is 16.3 Å². The van der Waals surface area contributed by atoms with E-state index in [1.807, 2.05) is 4.68 Å². The molecule has 1 heterocycles. The fourth-order valence-corrected chi connectivity index (χ4v) is 1.92. The second-order valence-corrected chi connectivity index (χ2v) is 4.50.